The molecule has 10 nitrogen and oxygen atoms in total. The lowest BCUT2D eigenvalue weighted by atomic mass is 10.1. The number of aryl methyl sites for hydroxylation is 3. The van der Waals surface area contributed by atoms with Crippen molar-refractivity contribution >= 4 is 23.7 Å². The average Bonchev–Trinajstić information content (AvgIpc) is 3.50. The van der Waals surface area contributed by atoms with E-state index < -0.39 is 0 Å². The number of carbonyl (C=O) groups excluding carboxylic acids is 2. The summed E-state index contributed by atoms with van der Waals surface area (Å²) in [6, 6.07) is 26.1. The molecule has 0 radical (unpaired) electrons. The molecule has 4 N–H and O–H groups in total. The van der Waals surface area contributed by atoms with Gasteiger partial charge in [-0.15, -0.1) is 0 Å². The Morgan fingerprint density at radius 1 is 0.864 bits per heavy atom. The molecule has 10 heteroatoms. The molecule has 5 rings (SSSR count). The third kappa shape index (κ3) is 14.4. The molecule has 0 bridgehead atoms. The van der Waals surface area contributed by atoms with Crippen LogP contribution in [0.2, 0.25) is 0 Å². The van der Waals surface area contributed by atoms with Crippen LogP contribution in [0.4, 0.5) is 0 Å². The summed E-state index contributed by atoms with van der Waals surface area (Å²) in [5.74, 6) is 1.80. The van der Waals surface area contributed by atoms with Gasteiger partial charge in [-0.05, 0) is 73.9 Å². The van der Waals surface area contributed by atoms with Gasteiger partial charge in [0.05, 0.1) is 39.1 Å². The number of rotatable bonds is 10. The third-order valence-corrected chi connectivity index (χ3v) is 6.31. The second-order valence-corrected chi connectivity index (χ2v) is 9.58. The van der Waals surface area contributed by atoms with Crippen LogP contribution >= 0.6 is 0 Å². The van der Waals surface area contributed by atoms with Gasteiger partial charge < -0.3 is 35.1 Å². The highest BCUT2D eigenvalue weighted by Gasteiger charge is 2.04. The van der Waals surface area contributed by atoms with Crippen LogP contribution in [0.15, 0.2) is 72.8 Å². The van der Waals surface area contributed by atoms with Crippen LogP contribution in [-0.4, -0.2) is 71.4 Å². The Balaban J connectivity index is 0.000000241. The maximum atomic E-state index is 9.54. The van der Waals surface area contributed by atoms with E-state index in [0.29, 0.717) is 25.9 Å². The van der Waals surface area contributed by atoms with E-state index in [2.05, 4.69) is 57.3 Å². The normalized spacial score (nSPS) is 11.5. The number of nitriles is 1. The van der Waals surface area contributed by atoms with Crippen LogP contribution in [0, 0.1) is 18.3 Å². The van der Waals surface area contributed by atoms with Gasteiger partial charge in [0, 0.05) is 42.8 Å². The molecule has 1 saturated heterocycles. The van der Waals surface area contributed by atoms with Gasteiger partial charge in [0.25, 0.3) is 0 Å². The Morgan fingerprint density at radius 3 is 2.07 bits per heavy atom. The molecule has 1 aromatic heterocycles. The summed E-state index contributed by atoms with van der Waals surface area (Å²) in [6.45, 7) is 6.81. The summed E-state index contributed by atoms with van der Waals surface area (Å²) >= 11 is 0. The van der Waals surface area contributed by atoms with Gasteiger partial charge in [-0.3, -0.25) is 9.59 Å². The lowest BCUT2D eigenvalue weighted by molar-refractivity contribution is -0.111. The van der Waals surface area contributed by atoms with Crippen molar-refractivity contribution in [1.82, 2.24) is 20.9 Å². The topological polar surface area (TPSA) is 138 Å². The number of fused-ring (bicyclic) bond motifs is 1. The molecular formula is C34H43N5O5. The van der Waals surface area contributed by atoms with Gasteiger partial charge in [0.2, 0.25) is 12.8 Å². The van der Waals surface area contributed by atoms with E-state index >= 15 is 0 Å². The number of aromatic nitrogens is 1. The fourth-order valence-electron chi connectivity index (χ4n) is 3.95. The van der Waals surface area contributed by atoms with Crippen molar-refractivity contribution in [3.63, 3.8) is 0 Å². The molecule has 2 amide bonds. The minimum atomic E-state index is 0.488. The number of morpholine rings is 1. The van der Waals surface area contributed by atoms with Crippen molar-refractivity contribution in [2.75, 3.05) is 53.6 Å². The lowest BCUT2D eigenvalue weighted by Crippen LogP contribution is -2.30. The Bertz CT molecular complexity index is 1390. The number of ether oxygens (including phenoxy) is 3. The molecule has 4 aromatic rings. The third-order valence-electron chi connectivity index (χ3n) is 6.31. The molecule has 2 heterocycles. The maximum Gasteiger partial charge on any atom is 0.207 e. The SMILES string of the molecule is C1COCCN1.COc1cccc(CCc2cc3cc(OC)ccc3[nH]2)c1.Cc1ccc(C#N)cc1.O=CNCCNC=O. The molecule has 1 fully saturated rings. The van der Waals surface area contributed by atoms with Crippen LogP contribution in [-0.2, 0) is 27.2 Å². The molecular weight excluding hydrogens is 558 g/mol. The van der Waals surface area contributed by atoms with Crippen molar-refractivity contribution in [3.8, 4) is 17.6 Å². The Labute approximate surface area is 259 Å². The Morgan fingerprint density at radius 2 is 1.52 bits per heavy atom. The molecule has 44 heavy (non-hydrogen) atoms. The first-order chi connectivity index (χ1) is 21.5. The number of benzene rings is 3. The maximum absolute atomic E-state index is 9.54. The van der Waals surface area contributed by atoms with E-state index in [-0.39, 0.29) is 0 Å². The van der Waals surface area contributed by atoms with Crippen molar-refractivity contribution in [3.05, 3.63) is 95.2 Å². The van der Waals surface area contributed by atoms with E-state index in [9.17, 15) is 9.59 Å². The molecule has 0 unspecified atom stereocenters. The van der Waals surface area contributed by atoms with Crippen LogP contribution in [0.25, 0.3) is 10.9 Å². The van der Waals surface area contributed by atoms with Crippen molar-refractivity contribution in [2.45, 2.75) is 19.8 Å². The number of aromatic amines is 1. The quantitative estimate of drug-likeness (QED) is 0.160. The number of methoxy groups -OCH3 is 2. The summed E-state index contributed by atoms with van der Waals surface area (Å²) in [6.07, 6.45) is 3.14. The van der Waals surface area contributed by atoms with Gasteiger partial charge in [-0.1, -0.05) is 29.8 Å². The fourth-order valence-corrected chi connectivity index (χ4v) is 3.95. The van der Waals surface area contributed by atoms with Crippen molar-refractivity contribution < 1.29 is 23.8 Å². The van der Waals surface area contributed by atoms with E-state index in [1.807, 2.05) is 49.4 Å². The minimum Gasteiger partial charge on any atom is -0.497 e. The monoisotopic (exact) mass is 601 g/mol. The first-order valence-corrected chi connectivity index (χ1v) is 14.4. The standard InChI is InChI=1S/C18H19NO2.C8H7N.C4H8N2O2.C4H9NO/c1-20-16-5-3-4-13(10-16)6-7-15-11-14-12-17(21-2)8-9-18(14)19-15;1-7-2-4-8(6-9)5-3-7;7-3-5-1-2-6-4-8;1-3-6-4-2-5-1/h3-5,8-12,19H,6-7H2,1-2H3;2-5H,1H3;3-4H,1-2H2,(H,5,7)(H,6,8);5H,1-4H2. The minimum absolute atomic E-state index is 0.488. The number of hydrogen-bond acceptors (Lipinski definition) is 7. The number of nitrogens with zero attached hydrogens (tertiary/aromatic N) is 1. The molecule has 0 aliphatic carbocycles. The van der Waals surface area contributed by atoms with Crippen molar-refractivity contribution in [1.29, 1.82) is 5.26 Å². The summed E-state index contributed by atoms with van der Waals surface area (Å²) in [5, 5.41) is 17.5. The second kappa shape index (κ2) is 21.8. The zero-order chi connectivity index (χ0) is 31.8. The smallest absolute Gasteiger partial charge is 0.207 e. The average molecular weight is 602 g/mol. The van der Waals surface area contributed by atoms with E-state index in [1.165, 1.54) is 22.2 Å². The van der Waals surface area contributed by atoms with Gasteiger partial charge >= 0.3 is 0 Å². The zero-order valence-electron chi connectivity index (χ0n) is 25.7. The number of hydrogen-bond donors (Lipinski definition) is 4. The zero-order valence-corrected chi connectivity index (χ0v) is 25.7. The number of H-pyrrole nitrogens is 1. The largest absolute Gasteiger partial charge is 0.497 e. The molecule has 0 saturated carbocycles. The summed E-state index contributed by atoms with van der Waals surface area (Å²) in [4.78, 5) is 22.5. The van der Waals surface area contributed by atoms with Gasteiger partial charge in [-0.2, -0.15) is 5.26 Å². The van der Waals surface area contributed by atoms with Crippen LogP contribution in [0.1, 0.15) is 22.4 Å². The Hall–Kier alpha value is -4.85. The van der Waals surface area contributed by atoms with Gasteiger partial charge in [0.15, 0.2) is 0 Å². The first-order valence-electron chi connectivity index (χ1n) is 14.4. The summed E-state index contributed by atoms with van der Waals surface area (Å²) in [5.41, 5.74) is 5.58. The molecule has 0 atom stereocenters. The summed E-state index contributed by atoms with van der Waals surface area (Å²) < 4.78 is 15.5. The van der Waals surface area contributed by atoms with Crippen LogP contribution < -0.4 is 25.4 Å². The highest BCUT2D eigenvalue weighted by molar-refractivity contribution is 5.81. The van der Waals surface area contributed by atoms with E-state index in [0.717, 1.165) is 61.7 Å². The summed E-state index contributed by atoms with van der Waals surface area (Å²) in [7, 11) is 3.39. The molecule has 0 spiro atoms. The van der Waals surface area contributed by atoms with Gasteiger partial charge in [-0.25, -0.2) is 0 Å². The highest BCUT2D eigenvalue weighted by Crippen LogP contribution is 2.22. The highest BCUT2D eigenvalue weighted by atomic mass is 16.5. The van der Waals surface area contributed by atoms with E-state index in [4.69, 9.17) is 19.5 Å². The Kier molecular flexibility index (Phi) is 17.5. The lowest BCUT2D eigenvalue weighted by Gasteiger charge is -2.10. The molecule has 3 aromatic carbocycles. The van der Waals surface area contributed by atoms with Crippen LogP contribution in [0.5, 0.6) is 11.5 Å². The fraction of sp³-hybridized carbons (Fsp3) is 0.324. The molecule has 1 aliphatic heterocycles. The first kappa shape index (κ1) is 35.3. The second-order valence-electron chi connectivity index (χ2n) is 9.58. The predicted molar refractivity (Wildman–Crippen MR) is 173 cm³/mol. The predicted octanol–water partition coefficient (Wildman–Crippen LogP) is 3.92. The molecule has 1 aliphatic rings. The van der Waals surface area contributed by atoms with Gasteiger partial charge in [0.1, 0.15) is 11.5 Å². The molecule has 234 valence electrons. The van der Waals surface area contributed by atoms with Crippen LogP contribution in [0.3, 0.4) is 0 Å². The number of carbonyl (C=O) groups is 2. The van der Waals surface area contributed by atoms with Crippen molar-refractivity contribution in [2.24, 2.45) is 0 Å². The van der Waals surface area contributed by atoms with E-state index in [1.54, 1.807) is 14.2 Å². The number of amides is 2. The number of nitrogens with one attached hydrogen (secondary N) is 4.